The summed E-state index contributed by atoms with van der Waals surface area (Å²) in [4.78, 5) is 11.0. The van der Waals surface area contributed by atoms with Crippen LogP contribution in [0.25, 0.3) is 0 Å². The second-order valence-electron chi connectivity index (χ2n) is 4.49. The van der Waals surface area contributed by atoms with Crippen LogP contribution in [0.1, 0.15) is 28.4 Å². The lowest BCUT2D eigenvalue weighted by Crippen LogP contribution is -1.98. The average Bonchev–Trinajstić information content (AvgIpc) is 2.43. The number of ether oxygens (including phenoxy) is 1. The topological polar surface area (TPSA) is 46.5 Å². The molecule has 0 saturated carbocycles. The summed E-state index contributed by atoms with van der Waals surface area (Å²) >= 11 is 6.06. The molecule has 4 heteroatoms. The largest absolute Gasteiger partial charge is 0.478 e. The first kappa shape index (κ1) is 14.4. The van der Waals surface area contributed by atoms with Gasteiger partial charge in [0.15, 0.2) is 0 Å². The van der Waals surface area contributed by atoms with E-state index in [0.717, 1.165) is 17.5 Å². The molecule has 0 amide bonds. The third kappa shape index (κ3) is 3.11. The summed E-state index contributed by atoms with van der Waals surface area (Å²) in [6, 6.07) is 10.2. The molecule has 1 N–H and O–H groups in total. The van der Waals surface area contributed by atoms with E-state index < -0.39 is 5.97 Å². The molecule has 104 valence electrons. The number of halogens is 1. The zero-order valence-electron chi connectivity index (χ0n) is 11.3. The number of hydrogen-bond donors (Lipinski definition) is 1. The first-order valence-corrected chi connectivity index (χ1v) is 6.69. The van der Waals surface area contributed by atoms with Gasteiger partial charge in [0.25, 0.3) is 0 Å². The molecule has 2 aromatic rings. The van der Waals surface area contributed by atoms with Crippen LogP contribution in [0.2, 0.25) is 5.02 Å². The molecule has 0 aliphatic heterocycles. The van der Waals surface area contributed by atoms with Gasteiger partial charge in [0.05, 0.1) is 5.56 Å². The molecule has 0 heterocycles. The first-order valence-electron chi connectivity index (χ1n) is 6.31. The minimum absolute atomic E-state index is 0.204. The third-order valence-electron chi connectivity index (χ3n) is 3.06. The molecule has 20 heavy (non-hydrogen) atoms. The molecule has 2 rings (SSSR count). The molecule has 0 aliphatic rings. The van der Waals surface area contributed by atoms with Crippen molar-refractivity contribution >= 4 is 17.6 Å². The summed E-state index contributed by atoms with van der Waals surface area (Å²) in [5.41, 5.74) is 2.08. The van der Waals surface area contributed by atoms with Gasteiger partial charge in [0.1, 0.15) is 11.5 Å². The SMILES string of the molecule is CCc1cc(Oc2cc(C(=O)O)ccc2C)ccc1Cl. The van der Waals surface area contributed by atoms with Gasteiger partial charge in [-0.3, -0.25) is 0 Å². The van der Waals surface area contributed by atoms with Crippen molar-refractivity contribution in [3.05, 3.63) is 58.1 Å². The van der Waals surface area contributed by atoms with Gasteiger partial charge in [0, 0.05) is 5.02 Å². The normalized spacial score (nSPS) is 10.3. The van der Waals surface area contributed by atoms with E-state index in [-0.39, 0.29) is 5.56 Å². The standard InChI is InChI=1S/C16H15ClO3/c1-3-11-8-13(6-7-14(11)17)20-15-9-12(16(18)19)5-4-10(15)2/h4-9H,3H2,1-2H3,(H,18,19). The number of carboxylic acids is 1. The molecule has 0 spiro atoms. The lowest BCUT2D eigenvalue weighted by atomic mass is 10.1. The van der Waals surface area contributed by atoms with Gasteiger partial charge in [-0.1, -0.05) is 24.6 Å². The van der Waals surface area contributed by atoms with Crippen molar-refractivity contribution in [1.29, 1.82) is 0 Å². The van der Waals surface area contributed by atoms with Crippen LogP contribution >= 0.6 is 11.6 Å². The molecule has 0 saturated heterocycles. The van der Waals surface area contributed by atoms with Crippen LogP contribution in [0.15, 0.2) is 36.4 Å². The Morgan fingerprint density at radius 2 is 2.00 bits per heavy atom. The Morgan fingerprint density at radius 3 is 2.65 bits per heavy atom. The van der Waals surface area contributed by atoms with Gasteiger partial charge < -0.3 is 9.84 Å². The lowest BCUT2D eigenvalue weighted by molar-refractivity contribution is 0.0696. The highest BCUT2D eigenvalue weighted by molar-refractivity contribution is 6.31. The molecule has 2 aromatic carbocycles. The van der Waals surface area contributed by atoms with Crippen LogP contribution in [0.5, 0.6) is 11.5 Å². The molecule has 0 atom stereocenters. The van der Waals surface area contributed by atoms with Crippen LogP contribution in [0.4, 0.5) is 0 Å². The first-order chi connectivity index (χ1) is 9.51. The summed E-state index contributed by atoms with van der Waals surface area (Å²) in [6.45, 7) is 3.89. The fourth-order valence-corrected chi connectivity index (χ4v) is 2.11. The van der Waals surface area contributed by atoms with Gasteiger partial charge in [-0.2, -0.15) is 0 Å². The molecule has 0 bridgehead atoms. The molecule has 0 aromatic heterocycles. The molecule has 0 aliphatic carbocycles. The molecule has 0 radical (unpaired) electrons. The second kappa shape index (κ2) is 5.97. The predicted octanol–water partition coefficient (Wildman–Crippen LogP) is 4.70. The van der Waals surface area contributed by atoms with Crippen molar-refractivity contribution < 1.29 is 14.6 Å². The highest BCUT2D eigenvalue weighted by Crippen LogP contribution is 2.29. The van der Waals surface area contributed by atoms with Crippen LogP contribution in [0.3, 0.4) is 0 Å². The minimum Gasteiger partial charge on any atom is -0.478 e. The monoisotopic (exact) mass is 290 g/mol. The van der Waals surface area contributed by atoms with Crippen molar-refractivity contribution in [3.8, 4) is 11.5 Å². The Balaban J connectivity index is 2.34. The molecular formula is C16H15ClO3. The molecule has 0 fully saturated rings. The number of carboxylic acid groups (broad SMARTS) is 1. The van der Waals surface area contributed by atoms with Gasteiger partial charge >= 0.3 is 5.97 Å². The van der Waals surface area contributed by atoms with E-state index in [1.807, 2.05) is 19.9 Å². The van der Waals surface area contributed by atoms with Crippen molar-refractivity contribution in [1.82, 2.24) is 0 Å². The summed E-state index contributed by atoms with van der Waals surface area (Å²) < 4.78 is 5.78. The van der Waals surface area contributed by atoms with E-state index in [9.17, 15) is 4.79 Å². The van der Waals surface area contributed by atoms with Crippen molar-refractivity contribution in [2.45, 2.75) is 20.3 Å². The smallest absolute Gasteiger partial charge is 0.335 e. The highest BCUT2D eigenvalue weighted by atomic mass is 35.5. The molecular weight excluding hydrogens is 276 g/mol. The third-order valence-corrected chi connectivity index (χ3v) is 3.43. The number of aromatic carboxylic acids is 1. The summed E-state index contributed by atoms with van der Waals surface area (Å²) in [6.07, 6.45) is 0.810. The Kier molecular flexibility index (Phi) is 4.30. The summed E-state index contributed by atoms with van der Waals surface area (Å²) in [5.74, 6) is 0.214. The van der Waals surface area contributed by atoms with Gasteiger partial charge in [-0.15, -0.1) is 0 Å². The number of benzene rings is 2. The Morgan fingerprint density at radius 1 is 1.25 bits per heavy atom. The highest BCUT2D eigenvalue weighted by Gasteiger charge is 2.09. The maximum atomic E-state index is 11.0. The number of aryl methyl sites for hydroxylation is 2. The average molecular weight is 291 g/mol. The van der Waals surface area contributed by atoms with Gasteiger partial charge in [0.2, 0.25) is 0 Å². The van der Waals surface area contributed by atoms with E-state index in [1.165, 1.54) is 6.07 Å². The van der Waals surface area contributed by atoms with E-state index >= 15 is 0 Å². The molecule has 0 unspecified atom stereocenters. The Labute approximate surface area is 122 Å². The molecule has 3 nitrogen and oxygen atoms in total. The van der Waals surface area contributed by atoms with E-state index in [4.69, 9.17) is 21.4 Å². The van der Waals surface area contributed by atoms with Crippen LogP contribution in [-0.4, -0.2) is 11.1 Å². The second-order valence-corrected chi connectivity index (χ2v) is 4.90. The van der Waals surface area contributed by atoms with Crippen LogP contribution in [-0.2, 0) is 6.42 Å². The maximum Gasteiger partial charge on any atom is 0.335 e. The van der Waals surface area contributed by atoms with E-state index in [1.54, 1.807) is 24.3 Å². The Hall–Kier alpha value is -2.00. The minimum atomic E-state index is -0.972. The van der Waals surface area contributed by atoms with Gasteiger partial charge in [-0.05, 0) is 54.8 Å². The predicted molar refractivity (Wildman–Crippen MR) is 79.0 cm³/mol. The number of rotatable bonds is 4. The fourth-order valence-electron chi connectivity index (χ4n) is 1.86. The number of hydrogen-bond acceptors (Lipinski definition) is 2. The van der Waals surface area contributed by atoms with Crippen molar-refractivity contribution in [3.63, 3.8) is 0 Å². The summed E-state index contributed by atoms with van der Waals surface area (Å²) in [5, 5.41) is 9.72. The maximum absolute atomic E-state index is 11.0. The quantitative estimate of drug-likeness (QED) is 0.887. The lowest BCUT2D eigenvalue weighted by Gasteiger charge is -2.11. The fraction of sp³-hybridized carbons (Fsp3) is 0.188. The van der Waals surface area contributed by atoms with E-state index in [2.05, 4.69) is 0 Å². The van der Waals surface area contributed by atoms with E-state index in [0.29, 0.717) is 16.5 Å². The van der Waals surface area contributed by atoms with Crippen molar-refractivity contribution in [2.24, 2.45) is 0 Å². The zero-order chi connectivity index (χ0) is 14.7. The number of carbonyl (C=O) groups is 1. The van der Waals surface area contributed by atoms with Crippen LogP contribution in [0, 0.1) is 6.92 Å². The van der Waals surface area contributed by atoms with Crippen LogP contribution < -0.4 is 4.74 Å². The summed E-state index contributed by atoms with van der Waals surface area (Å²) in [7, 11) is 0. The Bertz CT molecular complexity index is 650. The van der Waals surface area contributed by atoms with Crippen molar-refractivity contribution in [2.75, 3.05) is 0 Å². The zero-order valence-corrected chi connectivity index (χ0v) is 12.1. The van der Waals surface area contributed by atoms with Gasteiger partial charge in [-0.25, -0.2) is 4.79 Å².